The number of nitrogens with one attached hydrogen (secondary N) is 2. The van der Waals surface area contributed by atoms with Crippen LogP contribution in [0.4, 0.5) is 11.5 Å². The number of aromatic nitrogens is 2. The molecule has 0 bridgehead atoms. The van der Waals surface area contributed by atoms with Gasteiger partial charge in [0.1, 0.15) is 29.3 Å². The van der Waals surface area contributed by atoms with E-state index in [1.807, 2.05) is 31.2 Å². The molecule has 9 heteroatoms. The van der Waals surface area contributed by atoms with Gasteiger partial charge in [-0.1, -0.05) is 12.1 Å². The molecular weight excluding hydrogens is 428 g/mol. The Morgan fingerprint density at radius 1 is 1.06 bits per heavy atom. The molecule has 0 aliphatic carbocycles. The van der Waals surface area contributed by atoms with Gasteiger partial charge in [-0.15, -0.1) is 11.3 Å². The molecule has 0 aliphatic rings. The largest absolute Gasteiger partial charge is 0.494 e. The third-order valence-electron chi connectivity index (χ3n) is 4.66. The van der Waals surface area contributed by atoms with Crippen LogP contribution >= 0.6 is 11.3 Å². The van der Waals surface area contributed by atoms with Crippen LogP contribution in [-0.4, -0.2) is 40.1 Å². The number of carboxylic acid groups (broad SMARTS) is 1. The summed E-state index contributed by atoms with van der Waals surface area (Å²) in [4.78, 5) is 32.3. The average molecular weight is 449 g/mol. The summed E-state index contributed by atoms with van der Waals surface area (Å²) >= 11 is 1.54. The minimum absolute atomic E-state index is 0.371. The number of hydrogen-bond donors (Lipinski definition) is 3. The molecule has 0 saturated carbocycles. The fourth-order valence-corrected chi connectivity index (χ4v) is 4.10. The normalized spacial score (nSPS) is 10.7. The summed E-state index contributed by atoms with van der Waals surface area (Å²) < 4.78 is 5.53. The number of hydrogen-bond acceptors (Lipinski definition) is 7. The number of anilines is 2. The Balaban J connectivity index is 1.59. The maximum absolute atomic E-state index is 12.0. The molecule has 162 valence electrons. The van der Waals surface area contributed by atoms with E-state index < -0.39 is 18.4 Å². The van der Waals surface area contributed by atoms with Gasteiger partial charge in [-0.2, -0.15) is 0 Å². The fraction of sp³-hybridized carbons (Fsp3) is 0.130. The van der Waals surface area contributed by atoms with Crippen LogP contribution in [0.3, 0.4) is 0 Å². The van der Waals surface area contributed by atoms with Crippen LogP contribution in [-0.2, 0) is 4.79 Å². The molecule has 8 nitrogen and oxygen atoms in total. The SMILES string of the molecule is CCOc1ccc(-c2csc3ncnc(Nc4ccc(C(=O)NCC(=O)O)cc4)c23)cc1. The second kappa shape index (κ2) is 9.44. The Hall–Kier alpha value is -3.98. The number of carbonyl (C=O) groups is 2. The van der Waals surface area contributed by atoms with Crippen LogP contribution in [0.1, 0.15) is 17.3 Å². The summed E-state index contributed by atoms with van der Waals surface area (Å²) in [5.41, 5.74) is 3.16. The predicted octanol–water partition coefficient (Wildman–Crippen LogP) is 4.32. The number of nitrogens with zero attached hydrogens (tertiary/aromatic N) is 2. The monoisotopic (exact) mass is 448 g/mol. The summed E-state index contributed by atoms with van der Waals surface area (Å²) in [5, 5.41) is 17.3. The molecule has 2 heterocycles. The minimum Gasteiger partial charge on any atom is -0.494 e. The van der Waals surface area contributed by atoms with Crippen molar-refractivity contribution in [1.29, 1.82) is 0 Å². The Morgan fingerprint density at radius 2 is 1.81 bits per heavy atom. The zero-order valence-electron chi connectivity index (χ0n) is 17.2. The van der Waals surface area contributed by atoms with Crippen LogP contribution in [0.15, 0.2) is 60.2 Å². The van der Waals surface area contributed by atoms with E-state index in [1.165, 1.54) is 17.7 Å². The van der Waals surface area contributed by atoms with Gasteiger partial charge >= 0.3 is 5.97 Å². The van der Waals surface area contributed by atoms with Crippen LogP contribution in [0, 0.1) is 0 Å². The topological polar surface area (TPSA) is 113 Å². The van der Waals surface area contributed by atoms with Gasteiger partial charge in [-0.25, -0.2) is 9.97 Å². The fourth-order valence-electron chi connectivity index (χ4n) is 3.18. The molecule has 0 radical (unpaired) electrons. The first kappa shape index (κ1) is 21.3. The Kier molecular flexibility index (Phi) is 6.27. The first-order valence-corrected chi connectivity index (χ1v) is 10.8. The highest BCUT2D eigenvalue weighted by molar-refractivity contribution is 7.17. The highest BCUT2D eigenvalue weighted by Gasteiger charge is 2.14. The summed E-state index contributed by atoms with van der Waals surface area (Å²) in [6.07, 6.45) is 1.51. The van der Waals surface area contributed by atoms with Crippen molar-refractivity contribution in [2.45, 2.75) is 6.92 Å². The second-order valence-corrected chi connectivity index (χ2v) is 7.65. The number of rotatable bonds is 8. The maximum Gasteiger partial charge on any atom is 0.322 e. The zero-order chi connectivity index (χ0) is 22.5. The number of carbonyl (C=O) groups excluding carboxylic acids is 1. The molecule has 0 atom stereocenters. The average Bonchev–Trinajstić information content (AvgIpc) is 3.24. The molecule has 2 aromatic carbocycles. The molecule has 4 rings (SSSR count). The first-order chi connectivity index (χ1) is 15.5. The van der Waals surface area contributed by atoms with Gasteiger partial charge in [-0.05, 0) is 48.9 Å². The van der Waals surface area contributed by atoms with Crippen LogP contribution < -0.4 is 15.4 Å². The van der Waals surface area contributed by atoms with Crippen LogP contribution in [0.5, 0.6) is 5.75 Å². The number of thiophene rings is 1. The van der Waals surface area contributed by atoms with E-state index in [0.29, 0.717) is 18.0 Å². The smallest absolute Gasteiger partial charge is 0.322 e. The number of benzene rings is 2. The number of amides is 1. The molecule has 4 aromatic rings. The van der Waals surface area contributed by atoms with E-state index in [1.54, 1.807) is 24.3 Å². The first-order valence-electron chi connectivity index (χ1n) is 9.87. The van der Waals surface area contributed by atoms with Gasteiger partial charge in [0.2, 0.25) is 0 Å². The number of fused-ring (bicyclic) bond motifs is 1. The number of aliphatic carboxylic acids is 1. The maximum atomic E-state index is 12.0. The van der Waals surface area contributed by atoms with Crippen molar-refractivity contribution in [3.63, 3.8) is 0 Å². The van der Waals surface area contributed by atoms with E-state index in [2.05, 4.69) is 26.0 Å². The van der Waals surface area contributed by atoms with Crippen molar-refractivity contribution >= 4 is 44.9 Å². The van der Waals surface area contributed by atoms with Crippen LogP contribution in [0.2, 0.25) is 0 Å². The number of ether oxygens (including phenoxy) is 1. The standard InChI is InChI=1S/C23H20N4O4S/c1-2-31-17-9-5-14(6-10-17)18-12-32-23-20(18)21(25-13-26-23)27-16-7-3-15(4-8-16)22(30)24-11-19(28)29/h3-10,12-13H,2,11H2,1H3,(H,24,30)(H,28,29)(H,25,26,27). The lowest BCUT2D eigenvalue weighted by atomic mass is 10.1. The Labute approximate surface area is 187 Å². The van der Waals surface area contributed by atoms with Gasteiger partial charge in [0.05, 0.1) is 12.0 Å². The molecule has 0 aliphatic heterocycles. The summed E-state index contributed by atoms with van der Waals surface area (Å²) in [6, 6.07) is 14.6. The van der Waals surface area contributed by atoms with Crippen molar-refractivity contribution < 1.29 is 19.4 Å². The van der Waals surface area contributed by atoms with Gasteiger partial charge < -0.3 is 20.5 Å². The van der Waals surface area contributed by atoms with Crippen molar-refractivity contribution in [1.82, 2.24) is 15.3 Å². The molecule has 1 amide bonds. The zero-order valence-corrected chi connectivity index (χ0v) is 18.0. The summed E-state index contributed by atoms with van der Waals surface area (Å²) in [6.45, 7) is 2.14. The van der Waals surface area contributed by atoms with Gasteiger partial charge in [0, 0.05) is 22.2 Å². The molecule has 2 aromatic heterocycles. The quantitative estimate of drug-likeness (QED) is 0.368. The van der Waals surface area contributed by atoms with Crippen molar-refractivity contribution in [3.05, 3.63) is 65.8 Å². The minimum atomic E-state index is -1.09. The molecular formula is C23H20N4O4S. The van der Waals surface area contributed by atoms with Gasteiger partial charge in [0.25, 0.3) is 5.91 Å². The molecule has 0 fully saturated rings. The van der Waals surface area contributed by atoms with E-state index in [0.717, 1.165) is 32.8 Å². The molecule has 0 spiro atoms. The van der Waals surface area contributed by atoms with Crippen molar-refractivity contribution in [2.24, 2.45) is 0 Å². The second-order valence-electron chi connectivity index (χ2n) is 6.79. The third kappa shape index (κ3) is 4.68. The Morgan fingerprint density at radius 3 is 2.50 bits per heavy atom. The lowest BCUT2D eigenvalue weighted by Crippen LogP contribution is -2.29. The molecule has 32 heavy (non-hydrogen) atoms. The van der Waals surface area contributed by atoms with Gasteiger partial charge in [0.15, 0.2) is 0 Å². The summed E-state index contributed by atoms with van der Waals surface area (Å²) in [7, 11) is 0. The van der Waals surface area contributed by atoms with E-state index >= 15 is 0 Å². The third-order valence-corrected chi connectivity index (χ3v) is 5.54. The number of carboxylic acids is 1. The molecule has 0 saturated heterocycles. The highest BCUT2D eigenvalue weighted by Crippen LogP contribution is 2.37. The van der Waals surface area contributed by atoms with Gasteiger partial charge in [-0.3, -0.25) is 9.59 Å². The van der Waals surface area contributed by atoms with E-state index in [9.17, 15) is 9.59 Å². The summed E-state index contributed by atoms with van der Waals surface area (Å²) in [5.74, 6) is -0.0661. The van der Waals surface area contributed by atoms with E-state index in [-0.39, 0.29) is 0 Å². The molecule has 0 unspecified atom stereocenters. The lowest BCUT2D eigenvalue weighted by molar-refractivity contribution is -0.135. The predicted molar refractivity (Wildman–Crippen MR) is 124 cm³/mol. The lowest BCUT2D eigenvalue weighted by Gasteiger charge is -2.10. The van der Waals surface area contributed by atoms with E-state index in [4.69, 9.17) is 9.84 Å². The van der Waals surface area contributed by atoms with Crippen molar-refractivity contribution in [3.8, 4) is 16.9 Å². The van der Waals surface area contributed by atoms with Crippen molar-refractivity contribution in [2.75, 3.05) is 18.5 Å². The Bertz CT molecular complexity index is 1250. The highest BCUT2D eigenvalue weighted by atomic mass is 32.1. The molecule has 3 N–H and O–H groups in total. The van der Waals surface area contributed by atoms with Crippen LogP contribution in [0.25, 0.3) is 21.3 Å².